The Kier molecular flexibility index (Phi) is 2.31. The Hall–Kier alpha value is -1.64. The van der Waals surface area contributed by atoms with Crippen LogP contribution < -0.4 is 0 Å². The second-order valence-electron chi connectivity index (χ2n) is 3.13. The molecule has 0 spiro atoms. The van der Waals surface area contributed by atoms with Gasteiger partial charge in [-0.25, -0.2) is 4.39 Å². The zero-order valence-electron chi connectivity index (χ0n) is 7.61. The lowest BCUT2D eigenvalue weighted by Crippen LogP contribution is -2.04. The van der Waals surface area contributed by atoms with E-state index in [-0.39, 0.29) is 11.9 Å². The highest BCUT2D eigenvalue weighted by atomic mass is 19.1. The lowest BCUT2D eigenvalue weighted by atomic mass is 10.1. The minimum absolute atomic E-state index is 0.0462. The first-order valence-corrected chi connectivity index (χ1v) is 4.41. The van der Waals surface area contributed by atoms with Gasteiger partial charge in [-0.1, -0.05) is 23.9 Å². The lowest BCUT2D eigenvalue weighted by molar-refractivity contribution is 0.120. The summed E-state index contributed by atoms with van der Waals surface area (Å²) in [5.41, 5.74) is 1.74. The maximum atomic E-state index is 12.6. The molecule has 0 aromatic heterocycles. The van der Waals surface area contributed by atoms with Crippen LogP contribution in [0.4, 0.5) is 4.39 Å². The number of benzene rings is 1. The van der Waals surface area contributed by atoms with Crippen LogP contribution in [0.5, 0.6) is 0 Å². The van der Waals surface area contributed by atoms with Gasteiger partial charge in [-0.05, 0) is 23.8 Å². The van der Waals surface area contributed by atoms with Crippen molar-refractivity contribution in [2.75, 3.05) is 0 Å². The van der Waals surface area contributed by atoms with Crippen molar-refractivity contribution in [3.63, 3.8) is 0 Å². The maximum absolute atomic E-state index is 12.6. The summed E-state index contributed by atoms with van der Waals surface area (Å²) in [6.07, 6.45) is 2.37. The van der Waals surface area contributed by atoms with E-state index >= 15 is 0 Å². The Bertz CT molecular complexity index is 369. The molecule has 0 amide bonds. The lowest BCUT2D eigenvalue weighted by Gasteiger charge is -1.99. The molecule has 0 aliphatic carbocycles. The number of hydrogen-bond donors (Lipinski definition) is 0. The molecule has 1 aromatic rings. The third-order valence-electron chi connectivity index (χ3n) is 2.13. The molecular formula is C11H10FNO. The van der Waals surface area contributed by atoms with Gasteiger partial charge in [0.25, 0.3) is 0 Å². The van der Waals surface area contributed by atoms with E-state index in [1.54, 1.807) is 18.2 Å². The van der Waals surface area contributed by atoms with Crippen LogP contribution in [0.1, 0.15) is 12.0 Å². The molecule has 0 saturated heterocycles. The molecule has 1 heterocycles. The average molecular weight is 191 g/mol. The van der Waals surface area contributed by atoms with Crippen LogP contribution in [0.2, 0.25) is 0 Å². The van der Waals surface area contributed by atoms with Crippen LogP contribution in [-0.2, 0) is 4.84 Å². The SMILES string of the molecule is C=CC1CC(c2ccc(F)cc2)=NO1. The highest BCUT2D eigenvalue weighted by Gasteiger charge is 2.18. The van der Waals surface area contributed by atoms with E-state index in [0.717, 1.165) is 11.3 Å². The van der Waals surface area contributed by atoms with E-state index in [2.05, 4.69) is 11.7 Å². The quantitative estimate of drug-likeness (QED) is 0.658. The molecule has 1 atom stereocenters. The van der Waals surface area contributed by atoms with Crippen LogP contribution in [0.3, 0.4) is 0 Å². The highest BCUT2D eigenvalue weighted by molar-refractivity contribution is 6.01. The fourth-order valence-electron chi connectivity index (χ4n) is 1.34. The molecule has 2 rings (SSSR count). The molecular weight excluding hydrogens is 181 g/mol. The normalized spacial score (nSPS) is 20.1. The van der Waals surface area contributed by atoms with Crippen molar-refractivity contribution in [1.82, 2.24) is 0 Å². The third-order valence-corrected chi connectivity index (χ3v) is 2.13. The van der Waals surface area contributed by atoms with Crippen LogP contribution in [0.25, 0.3) is 0 Å². The van der Waals surface area contributed by atoms with Crippen LogP contribution in [0.15, 0.2) is 42.1 Å². The maximum Gasteiger partial charge on any atom is 0.151 e. The molecule has 0 N–H and O–H groups in total. The zero-order valence-corrected chi connectivity index (χ0v) is 7.61. The zero-order chi connectivity index (χ0) is 9.97. The summed E-state index contributed by atoms with van der Waals surface area (Å²) < 4.78 is 12.6. The fourth-order valence-corrected chi connectivity index (χ4v) is 1.34. The van der Waals surface area contributed by atoms with Crippen molar-refractivity contribution < 1.29 is 9.23 Å². The molecule has 72 valence electrons. The average Bonchev–Trinajstić information content (AvgIpc) is 2.67. The molecule has 0 radical (unpaired) electrons. The van der Waals surface area contributed by atoms with Crippen LogP contribution >= 0.6 is 0 Å². The second-order valence-corrected chi connectivity index (χ2v) is 3.13. The third kappa shape index (κ3) is 1.66. The van der Waals surface area contributed by atoms with Gasteiger partial charge in [-0.2, -0.15) is 0 Å². The monoisotopic (exact) mass is 191 g/mol. The fraction of sp³-hybridized carbons (Fsp3) is 0.182. The summed E-state index contributed by atoms with van der Waals surface area (Å²) in [4.78, 5) is 5.08. The largest absolute Gasteiger partial charge is 0.388 e. The van der Waals surface area contributed by atoms with Crippen LogP contribution in [-0.4, -0.2) is 11.8 Å². The summed E-state index contributed by atoms with van der Waals surface area (Å²) in [5.74, 6) is -0.242. The first-order valence-electron chi connectivity index (χ1n) is 4.41. The minimum atomic E-state index is -0.242. The first-order chi connectivity index (χ1) is 6.79. The van der Waals surface area contributed by atoms with Gasteiger partial charge in [-0.3, -0.25) is 0 Å². The summed E-state index contributed by atoms with van der Waals surface area (Å²) >= 11 is 0. The molecule has 14 heavy (non-hydrogen) atoms. The first kappa shape index (κ1) is 8.94. The van der Waals surface area contributed by atoms with Gasteiger partial charge >= 0.3 is 0 Å². The minimum Gasteiger partial charge on any atom is -0.388 e. The molecule has 1 unspecified atom stereocenters. The van der Waals surface area contributed by atoms with Crippen molar-refractivity contribution in [2.45, 2.75) is 12.5 Å². The van der Waals surface area contributed by atoms with E-state index in [9.17, 15) is 4.39 Å². The Labute approximate surface area is 81.7 Å². The smallest absolute Gasteiger partial charge is 0.151 e. The standard InChI is InChI=1S/C11H10FNO/c1-2-10-7-11(13-14-10)8-3-5-9(12)6-4-8/h2-6,10H,1,7H2. The molecule has 0 saturated carbocycles. The predicted octanol–water partition coefficient (Wildman–Crippen LogP) is 2.50. The Morgan fingerprint density at radius 3 is 2.71 bits per heavy atom. The number of rotatable bonds is 2. The Balaban J connectivity index is 2.17. The number of oxime groups is 1. The molecule has 2 nitrogen and oxygen atoms in total. The van der Waals surface area contributed by atoms with Gasteiger partial charge in [0.1, 0.15) is 5.82 Å². The molecule has 1 aliphatic heterocycles. The second kappa shape index (κ2) is 3.62. The molecule has 3 heteroatoms. The van der Waals surface area contributed by atoms with E-state index in [4.69, 9.17) is 4.84 Å². The number of nitrogens with zero attached hydrogens (tertiary/aromatic N) is 1. The van der Waals surface area contributed by atoms with Gasteiger partial charge in [0.15, 0.2) is 6.10 Å². The van der Waals surface area contributed by atoms with E-state index in [0.29, 0.717) is 6.42 Å². The van der Waals surface area contributed by atoms with Crippen molar-refractivity contribution in [3.05, 3.63) is 48.3 Å². The number of halogens is 1. The van der Waals surface area contributed by atoms with E-state index in [1.807, 2.05) is 0 Å². The van der Waals surface area contributed by atoms with Gasteiger partial charge in [0.05, 0.1) is 5.71 Å². The van der Waals surface area contributed by atoms with Gasteiger partial charge in [0.2, 0.25) is 0 Å². The molecule has 1 aliphatic rings. The molecule has 1 aromatic carbocycles. The summed E-state index contributed by atoms with van der Waals surface area (Å²) in [5, 5.41) is 3.91. The van der Waals surface area contributed by atoms with Crippen molar-refractivity contribution in [1.29, 1.82) is 0 Å². The van der Waals surface area contributed by atoms with Crippen molar-refractivity contribution in [2.24, 2.45) is 5.16 Å². The van der Waals surface area contributed by atoms with Gasteiger partial charge < -0.3 is 4.84 Å². The van der Waals surface area contributed by atoms with E-state index in [1.165, 1.54) is 12.1 Å². The number of hydrogen-bond acceptors (Lipinski definition) is 2. The summed E-state index contributed by atoms with van der Waals surface area (Å²) in [6, 6.07) is 6.23. The Morgan fingerprint density at radius 1 is 1.43 bits per heavy atom. The summed E-state index contributed by atoms with van der Waals surface area (Å²) in [7, 11) is 0. The summed E-state index contributed by atoms with van der Waals surface area (Å²) in [6.45, 7) is 3.63. The highest BCUT2D eigenvalue weighted by Crippen LogP contribution is 2.17. The Morgan fingerprint density at radius 2 is 2.14 bits per heavy atom. The van der Waals surface area contributed by atoms with Crippen molar-refractivity contribution in [3.8, 4) is 0 Å². The molecule has 0 fully saturated rings. The topological polar surface area (TPSA) is 21.6 Å². The van der Waals surface area contributed by atoms with Gasteiger partial charge in [0, 0.05) is 6.42 Å². The van der Waals surface area contributed by atoms with Crippen molar-refractivity contribution >= 4 is 5.71 Å². The predicted molar refractivity (Wildman–Crippen MR) is 52.6 cm³/mol. The van der Waals surface area contributed by atoms with Gasteiger partial charge in [-0.15, -0.1) is 0 Å². The van der Waals surface area contributed by atoms with E-state index < -0.39 is 0 Å². The van der Waals surface area contributed by atoms with Crippen LogP contribution in [0, 0.1) is 5.82 Å². The molecule has 0 bridgehead atoms.